The summed E-state index contributed by atoms with van der Waals surface area (Å²) >= 11 is 0. The van der Waals surface area contributed by atoms with Gasteiger partial charge in [0.1, 0.15) is 5.70 Å². The van der Waals surface area contributed by atoms with Gasteiger partial charge in [-0.05, 0) is 75.9 Å². The number of carbonyl (C=O) groups excluding carboxylic acids is 1. The third kappa shape index (κ3) is 6.33. The Labute approximate surface area is 199 Å². The minimum absolute atomic E-state index is 0.0970. The van der Waals surface area contributed by atoms with Crippen molar-refractivity contribution in [2.24, 2.45) is 11.8 Å². The van der Waals surface area contributed by atoms with Crippen molar-refractivity contribution in [2.75, 3.05) is 26.2 Å². The molecule has 0 spiro atoms. The Hall–Kier alpha value is -1.98. The van der Waals surface area contributed by atoms with Crippen molar-refractivity contribution in [1.82, 2.24) is 10.2 Å². The Kier molecular flexibility index (Phi) is 8.74. The maximum atomic E-state index is 12.7. The third-order valence-electron chi connectivity index (χ3n) is 8.04. The second kappa shape index (κ2) is 11.9. The minimum Gasteiger partial charge on any atom is -0.349 e. The first-order valence-corrected chi connectivity index (χ1v) is 13.4. The molecule has 1 atom stereocenters. The van der Waals surface area contributed by atoms with Crippen molar-refractivity contribution < 1.29 is 10.1 Å². The van der Waals surface area contributed by atoms with Gasteiger partial charge in [0.2, 0.25) is 5.91 Å². The molecule has 1 aromatic carbocycles. The van der Waals surface area contributed by atoms with E-state index < -0.39 is 0 Å². The van der Waals surface area contributed by atoms with Gasteiger partial charge in [0.25, 0.3) is 0 Å². The molecule has 1 aromatic rings. The molecule has 5 heteroatoms. The number of allylic oxidation sites excluding steroid dienone is 2. The van der Waals surface area contributed by atoms with Crippen molar-refractivity contribution in [2.45, 2.75) is 77.2 Å². The van der Waals surface area contributed by atoms with E-state index in [2.05, 4.69) is 46.7 Å². The van der Waals surface area contributed by atoms with Crippen molar-refractivity contribution in [1.29, 1.82) is 5.41 Å². The van der Waals surface area contributed by atoms with Gasteiger partial charge in [-0.25, -0.2) is 0 Å². The molecule has 1 amide bonds. The number of nitrogens with zero attached hydrogens (tertiary/aromatic N) is 1. The second-order valence-electron chi connectivity index (χ2n) is 10.2. The second-order valence-corrected chi connectivity index (χ2v) is 10.2. The van der Waals surface area contributed by atoms with Gasteiger partial charge >= 0.3 is 0 Å². The number of quaternary nitrogens is 1. The fraction of sp³-hybridized carbons (Fsp3) is 0.643. The molecular weight excluding hydrogens is 408 g/mol. The van der Waals surface area contributed by atoms with E-state index in [9.17, 15) is 4.79 Å². The molecule has 5 nitrogen and oxygen atoms in total. The number of amides is 1. The summed E-state index contributed by atoms with van der Waals surface area (Å²) in [5.41, 5.74) is 4.95. The lowest BCUT2D eigenvalue weighted by Gasteiger charge is -2.35. The van der Waals surface area contributed by atoms with Crippen LogP contribution in [0.25, 0.3) is 0 Å². The summed E-state index contributed by atoms with van der Waals surface area (Å²) in [6.07, 6.45) is 11.1. The number of hydrogen-bond donors (Lipinski definition) is 3. The quantitative estimate of drug-likeness (QED) is 0.493. The average Bonchev–Trinajstić information content (AvgIpc) is 2.82. The van der Waals surface area contributed by atoms with Crippen LogP contribution >= 0.6 is 0 Å². The van der Waals surface area contributed by atoms with Gasteiger partial charge in [0.15, 0.2) is 0 Å². The minimum atomic E-state index is 0.0970. The van der Waals surface area contributed by atoms with Gasteiger partial charge in [-0.2, -0.15) is 0 Å². The van der Waals surface area contributed by atoms with Crippen molar-refractivity contribution >= 4 is 11.6 Å². The van der Waals surface area contributed by atoms with Crippen molar-refractivity contribution in [3.05, 3.63) is 47.2 Å². The maximum Gasteiger partial charge on any atom is 0.223 e. The topological polar surface area (TPSA) is 72.8 Å². The molecule has 0 aromatic heterocycles. The van der Waals surface area contributed by atoms with Gasteiger partial charge < -0.3 is 20.9 Å². The highest BCUT2D eigenvalue weighted by atomic mass is 16.2. The third-order valence-corrected chi connectivity index (χ3v) is 8.04. The van der Waals surface area contributed by atoms with E-state index in [0.29, 0.717) is 5.92 Å². The van der Waals surface area contributed by atoms with Gasteiger partial charge in [-0.15, -0.1) is 0 Å². The molecule has 4 N–H and O–H groups in total. The smallest absolute Gasteiger partial charge is 0.223 e. The Morgan fingerprint density at radius 2 is 1.85 bits per heavy atom. The van der Waals surface area contributed by atoms with Crippen LogP contribution in [0.2, 0.25) is 0 Å². The summed E-state index contributed by atoms with van der Waals surface area (Å²) < 4.78 is 0. The van der Waals surface area contributed by atoms with Crippen molar-refractivity contribution in [3.63, 3.8) is 0 Å². The number of nitrogens with two attached hydrogens (primary N) is 1. The average molecular weight is 452 g/mol. The zero-order valence-corrected chi connectivity index (χ0v) is 20.5. The SMILES string of the molecule is CCC(=N)/C(=C1/CCCC[NH2+]1)C1CCN(CC[C@H](NC(=O)C2CCC2)c2ccccc2)CC1. The van der Waals surface area contributed by atoms with Crippen LogP contribution in [0.15, 0.2) is 41.6 Å². The van der Waals surface area contributed by atoms with E-state index in [0.717, 1.165) is 70.3 Å². The molecular formula is C28H43N4O+. The molecule has 0 bridgehead atoms. The van der Waals surface area contributed by atoms with Gasteiger partial charge in [0, 0.05) is 30.2 Å². The number of piperidine rings is 2. The fourth-order valence-corrected chi connectivity index (χ4v) is 5.70. The molecule has 33 heavy (non-hydrogen) atoms. The normalized spacial score (nSPS) is 22.9. The number of benzene rings is 1. The Morgan fingerprint density at radius 3 is 2.45 bits per heavy atom. The van der Waals surface area contributed by atoms with Crippen LogP contribution in [0.5, 0.6) is 0 Å². The lowest BCUT2D eigenvalue weighted by Crippen LogP contribution is -2.84. The van der Waals surface area contributed by atoms with E-state index in [4.69, 9.17) is 5.41 Å². The number of rotatable bonds is 9. The van der Waals surface area contributed by atoms with E-state index in [1.807, 2.05) is 6.07 Å². The molecule has 180 valence electrons. The van der Waals surface area contributed by atoms with Crippen LogP contribution in [-0.2, 0) is 4.79 Å². The predicted octanol–water partition coefficient (Wildman–Crippen LogP) is 4.18. The summed E-state index contributed by atoms with van der Waals surface area (Å²) in [5, 5.41) is 14.4. The van der Waals surface area contributed by atoms with E-state index in [1.54, 1.807) is 0 Å². The number of hydrogen-bond acceptors (Lipinski definition) is 3. The Balaban J connectivity index is 1.34. The lowest BCUT2D eigenvalue weighted by molar-refractivity contribution is -0.616. The molecule has 3 aliphatic rings. The molecule has 2 aliphatic heterocycles. The first-order chi connectivity index (χ1) is 16.2. The summed E-state index contributed by atoms with van der Waals surface area (Å²) in [5.74, 6) is 1.01. The van der Waals surface area contributed by atoms with E-state index >= 15 is 0 Å². The predicted molar refractivity (Wildman–Crippen MR) is 134 cm³/mol. The molecule has 4 rings (SSSR count). The summed E-state index contributed by atoms with van der Waals surface area (Å²) in [6.45, 7) is 6.51. The Bertz CT molecular complexity index is 814. The number of nitrogens with one attached hydrogen (secondary N) is 2. The van der Waals surface area contributed by atoms with Gasteiger partial charge in [-0.1, -0.05) is 43.7 Å². The molecule has 0 radical (unpaired) electrons. The van der Waals surface area contributed by atoms with Crippen LogP contribution in [0, 0.1) is 17.2 Å². The summed E-state index contributed by atoms with van der Waals surface area (Å²) in [7, 11) is 0. The van der Waals surface area contributed by atoms with E-state index in [1.165, 1.54) is 42.6 Å². The first kappa shape index (κ1) is 24.2. The van der Waals surface area contributed by atoms with Crippen LogP contribution in [0.1, 0.15) is 82.7 Å². The zero-order chi connectivity index (χ0) is 23.0. The van der Waals surface area contributed by atoms with E-state index in [-0.39, 0.29) is 17.9 Å². The maximum absolute atomic E-state index is 12.7. The van der Waals surface area contributed by atoms with Crippen LogP contribution in [-0.4, -0.2) is 42.7 Å². The largest absolute Gasteiger partial charge is 0.349 e. The highest BCUT2D eigenvalue weighted by molar-refractivity contribution is 5.98. The highest BCUT2D eigenvalue weighted by Gasteiger charge is 2.30. The molecule has 2 saturated heterocycles. The number of likely N-dealkylation sites (tertiary alicyclic amines) is 1. The molecule has 2 heterocycles. The van der Waals surface area contributed by atoms with Crippen LogP contribution in [0.4, 0.5) is 0 Å². The van der Waals surface area contributed by atoms with Crippen LogP contribution < -0.4 is 10.6 Å². The fourth-order valence-electron chi connectivity index (χ4n) is 5.70. The first-order valence-electron chi connectivity index (χ1n) is 13.4. The lowest BCUT2D eigenvalue weighted by atomic mass is 9.83. The Morgan fingerprint density at radius 1 is 1.09 bits per heavy atom. The van der Waals surface area contributed by atoms with Crippen molar-refractivity contribution in [3.8, 4) is 0 Å². The van der Waals surface area contributed by atoms with Gasteiger partial charge in [-0.3, -0.25) is 4.79 Å². The molecule has 1 aliphatic carbocycles. The van der Waals surface area contributed by atoms with Crippen LogP contribution in [0.3, 0.4) is 0 Å². The zero-order valence-electron chi connectivity index (χ0n) is 20.5. The van der Waals surface area contributed by atoms with Gasteiger partial charge in [0.05, 0.1) is 12.6 Å². The molecule has 3 fully saturated rings. The molecule has 1 saturated carbocycles. The summed E-state index contributed by atoms with van der Waals surface area (Å²) in [6, 6.07) is 10.6. The highest BCUT2D eigenvalue weighted by Crippen LogP contribution is 2.31. The molecule has 0 unspecified atom stereocenters. The summed E-state index contributed by atoms with van der Waals surface area (Å²) in [4.78, 5) is 15.2. The monoisotopic (exact) mass is 451 g/mol. The number of carbonyl (C=O) groups is 1. The standard InChI is InChI=1S/C28H42N4O/c1-2-24(29)27(26-13-6-7-17-30-26)22-14-18-32(19-15-22)20-16-25(21-9-4-3-5-10-21)31-28(33)23-11-8-12-23/h3-5,9-10,22-23,25,29-30H,2,6-8,11-20H2,1H3,(H,31,33)/p+1/b27-26-,29-24?/t25-/m0/s1.